The second-order valence-corrected chi connectivity index (χ2v) is 3.16. The number of nitrogens with zero attached hydrogens (tertiary/aromatic N) is 2. The smallest absolute Gasteiger partial charge is 0.312 e. The largest absolute Gasteiger partial charge is 0.481 e. The van der Waals surface area contributed by atoms with Crippen molar-refractivity contribution in [2.45, 2.75) is 26.2 Å². The fraction of sp³-hybridized carbons (Fsp3) is 0.500. The first-order valence-electron chi connectivity index (χ1n) is 4.73. The van der Waals surface area contributed by atoms with Gasteiger partial charge in [-0.1, -0.05) is 6.92 Å². The van der Waals surface area contributed by atoms with Crippen molar-refractivity contribution >= 4 is 5.97 Å². The van der Waals surface area contributed by atoms with E-state index in [1.807, 2.05) is 6.92 Å². The summed E-state index contributed by atoms with van der Waals surface area (Å²) in [6.45, 7) is 3.49. The lowest BCUT2D eigenvalue weighted by molar-refractivity contribution is -0.138. The molecule has 1 N–H and O–H groups in total. The molecule has 0 bridgehead atoms. The van der Waals surface area contributed by atoms with Crippen LogP contribution in [0.5, 0.6) is 5.88 Å². The highest BCUT2D eigenvalue weighted by molar-refractivity contribution is 5.74. The van der Waals surface area contributed by atoms with Crippen LogP contribution in [-0.2, 0) is 11.2 Å². The Kier molecular flexibility index (Phi) is 3.60. The zero-order valence-corrected chi connectivity index (χ0v) is 9.02. The number of carboxylic acids is 1. The number of ether oxygens (including phenoxy) is 1. The minimum atomic E-state index is -0.905. The average molecular weight is 210 g/mol. The number of hydrogen-bond acceptors (Lipinski definition) is 4. The summed E-state index contributed by atoms with van der Waals surface area (Å²) in [4.78, 5) is 19.0. The van der Waals surface area contributed by atoms with Gasteiger partial charge in [0.1, 0.15) is 5.82 Å². The van der Waals surface area contributed by atoms with Gasteiger partial charge < -0.3 is 9.84 Å². The molecule has 1 atom stereocenters. The number of aryl methyl sites for hydroxylation is 1. The number of hydrogen-bond donors (Lipinski definition) is 1. The molecule has 0 fully saturated rings. The molecule has 0 amide bonds. The maximum Gasteiger partial charge on any atom is 0.312 e. The first-order valence-corrected chi connectivity index (χ1v) is 4.73. The van der Waals surface area contributed by atoms with E-state index in [0.29, 0.717) is 23.8 Å². The molecule has 1 unspecified atom stereocenters. The van der Waals surface area contributed by atoms with Crippen molar-refractivity contribution in [3.05, 3.63) is 17.6 Å². The Labute approximate surface area is 88.1 Å². The van der Waals surface area contributed by atoms with Gasteiger partial charge in [0.05, 0.1) is 18.7 Å². The van der Waals surface area contributed by atoms with Gasteiger partial charge in [-0.3, -0.25) is 4.79 Å². The maximum absolute atomic E-state index is 10.8. The first-order chi connectivity index (χ1) is 7.08. The molecule has 5 nitrogen and oxygen atoms in total. The van der Waals surface area contributed by atoms with Crippen molar-refractivity contribution in [2.75, 3.05) is 7.11 Å². The number of rotatable bonds is 4. The van der Waals surface area contributed by atoms with Gasteiger partial charge in [0.15, 0.2) is 0 Å². The third-order valence-corrected chi connectivity index (χ3v) is 2.11. The Morgan fingerprint density at radius 2 is 2.27 bits per heavy atom. The van der Waals surface area contributed by atoms with Crippen LogP contribution in [0.4, 0.5) is 0 Å². The molecule has 1 rings (SSSR count). The summed E-state index contributed by atoms with van der Waals surface area (Å²) in [6.07, 6.45) is 0.649. The van der Waals surface area contributed by atoms with Crippen molar-refractivity contribution in [1.82, 2.24) is 9.97 Å². The number of carbonyl (C=O) groups is 1. The number of aromatic nitrogens is 2. The third kappa shape index (κ3) is 2.65. The zero-order valence-electron chi connectivity index (χ0n) is 9.02. The SMILES string of the molecule is CCc1nc(OC)cc(C(C)C(=O)O)n1. The Morgan fingerprint density at radius 3 is 2.73 bits per heavy atom. The second kappa shape index (κ2) is 4.72. The molecule has 0 aliphatic heterocycles. The van der Waals surface area contributed by atoms with Crippen LogP contribution in [0.2, 0.25) is 0 Å². The van der Waals surface area contributed by atoms with Gasteiger partial charge in [-0.2, -0.15) is 4.98 Å². The van der Waals surface area contributed by atoms with Gasteiger partial charge in [0.25, 0.3) is 0 Å². The highest BCUT2D eigenvalue weighted by atomic mass is 16.5. The summed E-state index contributed by atoms with van der Waals surface area (Å²) in [6, 6.07) is 1.55. The van der Waals surface area contributed by atoms with Crippen LogP contribution in [0, 0.1) is 0 Å². The Hall–Kier alpha value is -1.65. The topological polar surface area (TPSA) is 72.3 Å². The molecule has 15 heavy (non-hydrogen) atoms. The van der Waals surface area contributed by atoms with E-state index in [1.165, 1.54) is 7.11 Å². The fourth-order valence-corrected chi connectivity index (χ4v) is 1.10. The molecule has 0 spiro atoms. The first kappa shape index (κ1) is 11.4. The van der Waals surface area contributed by atoms with Crippen molar-refractivity contribution in [3.63, 3.8) is 0 Å². The van der Waals surface area contributed by atoms with Crippen molar-refractivity contribution in [2.24, 2.45) is 0 Å². The molecule has 82 valence electrons. The lowest BCUT2D eigenvalue weighted by Gasteiger charge is -2.08. The second-order valence-electron chi connectivity index (χ2n) is 3.16. The van der Waals surface area contributed by atoms with Crippen molar-refractivity contribution < 1.29 is 14.6 Å². The normalized spacial score (nSPS) is 12.2. The molecule has 0 aliphatic carbocycles. The molecule has 5 heteroatoms. The zero-order chi connectivity index (χ0) is 11.4. The van der Waals surface area contributed by atoms with E-state index in [1.54, 1.807) is 13.0 Å². The third-order valence-electron chi connectivity index (χ3n) is 2.11. The van der Waals surface area contributed by atoms with E-state index < -0.39 is 11.9 Å². The van der Waals surface area contributed by atoms with E-state index >= 15 is 0 Å². The highest BCUT2D eigenvalue weighted by Gasteiger charge is 2.17. The summed E-state index contributed by atoms with van der Waals surface area (Å²) in [7, 11) is 1.50. The summed E-state index contributed by atoms with van der Waals surface area (Å²) >= 11 is 0. The van der Waals surface area contributed by atoms with E-state index in [-0.39, 0.29) is 0 Å². The van der Waals surface area contributed by atoms with Gasteiger partial charge in [-0.25, -0.2) is 4.98 Å². The van der Waals surface area contributed by atoms with Crippen LogP contribution in [-0.4, -0.2) is 28.2 Å². The van der Waals surface area contributed by atoms with E-state index in [2.05, 4.69) is 9.97 Å². The van der Waals surface area contributed by atoms with Gasteiger partial charge in [0.2, 0.25) is 5.88 Å². The summed E-state index contributed by atoms with van der Waals surface area (Å²) in [5.74, 6) is -0.549. The minimum Gasteiger partial charge on any atom is -0.481 e. The number of aliphatic carboxylic acids is 1. The van der Waals surface area contributed by atoms with Gasteiger partial charge >= 0.3 is 5.97 Å². The Morgan fingerprint density at radius 1 is 1.60 bits per heavy atom. The van der Waals surface area contributed by atoms with E-state index in [0.717, 1.165) is 0 Å². The van der Waals surface area contributed by atoms with Crippen LogP contribution >= 0.6 is 0 Å². The van der Waals surface area contributed by atoms with Crippen LogP contribution in [0.15, 0.2) is 6.07 Å². The molecule has 0 saturated heterocycles. The molecule has 0 radical (unpaired) electrons. The van der Waals surface area contributed by atoms with E-state index in [9.17, 15) is 4.79 Å². The van der Waals surface area contributed by atoms with Crippen LogP contribution in [0.1, 0.15) is 31.3 Å². The lowest BCUT2D eigenvalue weighted by atomic mass is 10.1. The molecule has 0 saturated carbocycles. The van der Waals surface area contributed by atoms with E-state index in [4.69, 9.17) is 9.84 Å². The van der Waals surface area contributed by atoms with Gasteiger partial charge in [-0.15, -0.1) is 0 Å². The predicted octanol–water partition coefficient (Wildman–Crippen LogP) is 1.24. The molecule has 1 heterocycles. The molecule has 0 aromatic carbocycles. The van der Waals surface area contributed by atoms with Crippen LogP contribution < -0.4 is 4.74 Å². The van der Waals surface area contributed by atoms with Crippen molar-refractivity contribution in [3.8, 4) is 5.88 Å². The fourth-order valence-electron chi connectivity index (χ4n) is 1.10. The van der Waals surface area contributed by atoms with Crippen LogP contribution in [0.25, 0.3) is 0 Å². The predicted molar refractivity (Wildman–Crippen MR) is 54.0 cm³/mol. The summed E-state index contributed by atoms with van der Waals surface area (Å²) in [5, 5.41) is 8.86. The quantitative estimate of drug-likeness (QED) is 0.809. The average Bonchev–Trinajstić information content (AvgIpc) is 2.27. The van der Waals surface area contributed by atoms with Crippen LogP contribution in [0.3, 0.4) is 0 Å². The monoisotopic (exact) mass is 210 g/mol. The minimum absolute atomic E-state index is 0.407. The standard InChI is InChI=1S/C10H14N2O3/c1-4-8-11-7(6(2)10(13)14)5-9(12-8)15-3/h5-6H,4H2,1-3H3,(H,13,14). The Bertz CT molecular complexity index is 343. The number of carboxylic acid groups (broad SMARTS) is 1. The number of methoxy groups -OCH3 is 1. The van der Waals surface area contributed by atoms with Crippen molar-refractivity contribution in [1.29, 1.82) is 0 Å². The van der Waals surface area contributed by atoms with Gasteiger partial charge in [0, 0.05) is 12.5 Å². The molecular weight excluding hydrogens is 196 g/mol. The maximum atomic E-state index is 10.8. The molecule has 0 aliphatic rings. The molecule has 1 aromatic rings. The Balaban J connectivity index is 3.11. The molecular formula is C10H14N2O3. The molecule has 1 aromatic heterocycles. The summed E-state index contributed by atoms with van der Waals surface area (Å²) < 4.78 is 4.98. The lowest BCUT2D eigenvalue weighted by Crippen LogP contribution is -2.11. The van der Waals surface area contributed by atoms with Gasteiger partial charge in [-0.05, 0) is 6.92 Å². The summed E-state index contributed by atoms with van der Waals surface area (Å²) in [5.41, 5.74) is 0.478. The highest BCUT2D eigenvalue weighted by Crippen LogP contribution is 2.17.